The molecule has 0 unspecified atom stereocenters. The Bertz CT molecular complexity index is 534. The van der Waals surface area contributed by atoms with Crippen LogP contribution in [0.1, 0.15) is 5.56 Å². The van der Waals surface area contributed by atoms with Gasteiger partial charge in [-0.25, -0.2) is 9.37 Å². The van der Waals surface area contributed by atoms with Crippen LogP contribution in [0, 0.1) is 5.82 Å². The van der Waals surface area contributed by atoms with Gasteiger partial charge in [0.25, 0.3) is 0 Å². The smallest absolute Gasteiger partial charge is 0.223 e. The lowest BCUT2D eigenvalue weighted by Gasteiger charge is -2.08. The average molecular weight is 272 g/mol. The average Bonchev–Trinajstić information content (AvgIpc) is 2.34. The van der Waals surface area contributed by atoms with Crippen molar-refractivity contribution in [2.75, 3.05) is 0 Å². The Hall–Kier alpha value is -1.32. The first kappa shape index (κ1) is 12.1. The van der Waals surface area contributed by atoms with Crippen LogP contribution in [-0.4, -0.2) is 4.98 Å². The molecule has 0 bridgehead atoms. The summed E-state index contributed by atoms with van der Waals surface area (Å²) in [5.74, 6) is 0.613. The van der Waals surface area contributed by atoms with E-state index in [0.717, 1.165) is 5.56 Å². The van der Waals surface area contributed by atoms with E-state index in [9.17, 15) is 4.39 Å². The molecular weight excluding hydrogens is 264 g/mol. The Balaban J connectivity index is 2.28. The highest BCUT2D eigenvalue weighted by Crippen LogP contribution is 2.27. The SMILES string of the molecule is Fc1ccc(Oc2ncccc2CCl)cc1Cl. The maximum absolute atomic E-state index is 13.0. The fourth-order valence-corrected chi connectivity index (χ4v) is 1.64. The molecule has 17 heavy (non-hydrogen) atoms. The van der Waals surface area contributed by atoms with E-state index >= 15 is 0 Å². The minimum Gasteiger partial charge on any atom is -0.439 e. The molecule has 5 heteroatoms. The quantitative estimate of drug-likeness (QED) is 0.772. The van der Waals surface area contributed by atoms with Crippen molar-refractivity contribution in [3.05, 3.63) is 52.9 Å². The number of aromatic nitrogens is 1. The molecule has 0 atom stereocenters. The van der Waals surface area contributed by atoms with E-state index in [2.05, 4.69) is 4.98 Å². The summed E-state index contributed by atoms with van der Waals surface area (Å²) in [7, 11) is 0. The summed E-state index contributed by atoms with van der Waals surface area (Å²) < 4.78 is 18.4. The van der Waals surface area contributed by atoms with Crippen molar-refractivity contribution >= 4 is 23.2 Å². The summed E-state index contributed by atoms with van der Waals surface area (Å²) in [4.78, 5) is 4.05. The largest absolute Gasteiger partial charge is 0.439 e. The monoisotopic (exact) mass is 271 g/mol. The van der Waals surface area contributed by atoms with Crippen molar-refractivity contribution in [3.63, 3.8) is 0 Å². The molecule has 0 spiro atoms. The van der Waals surface area contributed by atoms with Gasteiger partial charge in [-0.1, -0.05) is 17.7 Å². The summed E-state index contributed by atoms with van der Waals surface area (Å²) in [6.07, 6.45) is 1.59. The first-order chi connectivity index (χ1) is 8.20. The summed E-state index contributed by atoms with van der Waals surface area (Å²) in [6.45, 7) is 0. The third kappa shape index (κ3) is 2.87. The number of rotatable bonds is 3. The molecule has 2 aromatic rings. The number of halogens is 3. The first-order valence-electron chi connectivity index (χ1n) is 4.83. The Labute approximate surface area is 108 Å². The second kappa shape index (κ2) is 5.34. The highest BCUT2D eigenvalue weighted by molar-refractivity contribution is 6.30. The first-order valence-corrected chi connectivity index (χ1v) is 5.74. The van der Waals surface area contributed by atoms with E-state index in [4.69, 9.17) is 27.9 Å². The number of hydrogen-bond acceptors (Lipinski definition) is 2. The lowest BCUT2D eigenvalue weighted by atomic mass is 10.3. The van der Waals surface area contributed by atoms with Crippen molar-refractivity contribution in [3.8, 4) is 11.6 Å². The lowest BCUT2D eigenvalue weighted by Crippen LogP contribution is -1.92. The van der Waals surface area contributed by atoms with Crippen molar-refractivity contribution in [2.45, 2.75) is 5.88 Å². The standard InChI is InChI=1S/C12H8Cl2FNO/c13-7-8-2-1-5-16-12(8)17-9-3-4-11(15)10(14)6-9/h1-6H,7H2. The van der Waals surface area contributed by atoms with Crippen LogP contribution in [0.3, 0.4) is 0 Å². The fourth-order valence-electron chi connectivity index (χ4n) is 1.27. The summed E-state index contributed by atoms with van der Waals surface area (Å²) in [5.41, 5.74) is 0.759. The predicted octanol–water partition coefficient (Wildman–Crippen LogP) is 4.41. The molecule has 0 saturated heterocycles. The Morgan fingerprint density at radius 1 is 1.29 bits per heavy atom. The third-order valence-electron chi connectivity index (χ3n) is 2.10. The van der Waals surface area contributed by atoms with Crippen LogP contribution in [0.5, 0.6) is 11.6 Å². The lowest BCUT2D eigenvalue weighted by molar-refractivity contribution is 0.457. The molecule has 88 valence electrons. The highest BCUT2D eigenvalue weighted by Gasteiger charge is 2.07. The van der Waals surface area contributed by atoms with Crippen molar-refractivity contribution < 1.29 is 9.13 Å². The molecule has 2 nitrogen and oxygen atoms in total. The van der Waals surface area contributed by atoms with Gasteiger partial charge in [0.15, 0.2) is 0 Å². The molecule has 0 aliphatic heterocycles. The van der Waals surface area contributed by atoms with Crippen LogP contribution in [0.15, 0.2) is 36.5 Å². The van der Waals surface area contributed by atoms with Gasteiger partial charge in [-0.3, -0.25) is 0 Å². The molecule has 1 heterocycles. The van der Waals surface area contributed by atoms with Crippen molar-refractivity contribution in [1.82, 2.24) is 4.98 Å². The molecule has 0 saturated carbocycles. The zero-order chi connectivity index (χ0) is 12.3. The fraction of sp³-hybridized carbons (Fsp3) is 0.0833. The predicted molar refractivity (Wildman–Crippen MR) is 65.3 cm³/mol. The van der Waals surface area contributed by atoms with Crippen molar-refractivity contribution in [1.29, 1.82) is 0 Å². The molecule has 0 N–H and O–H groups in total. The second-order valence-corrected chi connectivity index (χ2v) is 3.95. The summed E-state index contributed by atoms with van der Waals surface area (Å²) in [5, 5.41) is 0.00542. The minimum atomic E-state index is -0.488. The van der Waals surface area contributed by atoms with Gasteiger partial charge in [0, 0.05) is 17.8 Å². The van der Waals surface area contributed by atoms with Crippen LogP contribution in [0.25, 0.3) is 0 Å². The molecule has 0 aliphatic rings. The maximum atomic E-state index is 13.0. The topological polar surface area (TPSA) is 22.1 Å². The molecule has 1 aromatic heterocycles. The third-order valence-corrected chi connectivity index (χ3v) is 2.68. The number of nitrogens with zero attached hydrogens (tertiary/aromatic N) is 1. The van der Waals surface area contributed by atoms with Crippen LogP contribution >= 0.6 is 23.2 Å². The second-order valence-electron chi connectivity index (χ2n) is 3.28. The number of hydrogen-bond donors (Lipinski definition) is 0. The van der Waals surface area contributed by atoms with Gasteiger partial charge in [0.05, 0.1) is 10.9 Å². The van der Waals surface area contributed by atoms with Gasteiger partial charge in [-0.05, 0) is 18.2 Å². The molecule has 0 fully saturated rings. The normalized spacial score (nSPS) is 10.3. The van der Waals surface area contributed by atoms with Crippen LogP contribution in [-0.2, 0) is 5.88 Å². The Morgan fingerprint density at radius 3 is 2.82 bits per heavy atom. The van der Waals surface area contributed by atoms with E-state index in [-0.39, 0.29) is 10.9 Å². The molecular formula is C12H8Cl2FNO. The maximum Gasteiger partial charge on any atom is 0.223 e. The van der Waals surface area contributed by atoms with Gasteiger partial charge in [-0.2, -0.15) is 0 Å². The Kier molecular flexibility index (Phi) is 3.82. The molecule has 0 aliphatic carbocycles. The number of pyridine rings is 1. The molecule has 2 rings (SSSR count). The Morgan fingerprint density at radius 2 is 2.12 bits per heavy atom. The molecule has 0 amide bonds. The van der Waals surface area contributed by atoms with E-state index in [1.165, 1.54) is 18.2 Å². The molecule has 1 aromatic carbocycles. The minimum absolute atomic E-state index is 0.00542. The van der Waals surface area contributed by atoms with Crippen LogP contribution in [0.4, 0.5) is 4.39 Å². The van der Waals surface area contributed by atoms with Gasteiger partial charge in [0.1, 0.15) is 11.6 Å². The molecule has 0 radical (unpaired) electrons. The number of benzene rings is 1. The van der Waals surface area contributed by atoms with Crippen LogP contribution in [0.2, 0.25) is 5.02 Å². The van der Waals surface area contributed by atoms with Gasteiger partial charge >= 0.3 is 0 Å². The number of ether oxygens (including phenoxy) is 1. The van der Waals surface area contributed by atoms with E-state index < -0.39 is 5.82 Å². The van der Waals surface area contributed by atoms with E-state index in [0.29, 0.717) is 11.6 Å². The summed E-state index contributed by atoms with van der Waals surface area (Å²) in [6, 6.07) is 7.68. The zero-order valence-corrected chi connectivity index (χ0v) is 10.2. The number of alkyl halides is 1. The van der Waals surface area contributed by atoms with Gasteiger partial charge in [0.2, 0.25) is 5.88 Å². The van der Waals surface area contributed by atoms with E-state index in [1.807, 2.05) is 0 Å². The zero-order valence-electron chi connectivity index (χ0n) is 8.66. The van der Waals surface area contributed by atoms with Crippen LogP contribution < -0.4 is 4.74 Å². The van der Waals surface area contributed by atoms with Crippen molar-refractivity contribution in [2.24, 2.45) is 0 Å². The van der Waals surface area contributed by atoms with E-state index in [1.54, 1.807) is 18.3 Å². The summed E-state index contributed by atoms with van der Waals surface area (Å²) >= 11 is 11.4. The highest BCUT2D eigenvalue weighted by atomic mass is 35.5. The van der Waals surface area contributed by atoms with Gasteiger partial charge in [-0.15, -0.1) is 11.6 Å². The van der Waals surface area contributed by atoms with Gasteiger partial charge < -0.3 is 4.74 Å².